The first-order valence-corrected chi connectivity index (χ1v) is 9.21. The molecule has 0 aliphatic heterocycles. The molecule has 2 aromatic carbocycles. The zero-order chi connectivity index (χ0) is 20.1. The summed E-state index contributed by atoms with van der Waals surface area (Å²) in [6.45, 7) is 4.31. The van der Waals surface area contributed by atoms with E-state index in [1.54, 1.807) is 28.9 Å². The van der Waals surface area contributed by atoms with E-state index in [-0.39, 0.29) is 24.0 Å². The van der Waals surface area contributed by atoms with Crippen LogP contribution in [-0.2, 0) is 17.8 Å². The molecule has 0 aliphatic carbocycles. The molecule has 3 aromatic rings. The van der Waals surface area contributed by atoms with Crippen molar-refractivity contribution in [1.82, 2.24) is 15.1 Å². The van der Waals surface area contributed by atoms with Crippen LogP contribution in [0.3, 0.4) is 0 Å². The maximum Gasteiger partial charge on any atom is 0.222 e. The zero-order valence-electron chi connectivity index (χ0n) is 16.0. The van der Waals surface area contributed by atoms with E-state index in [9.17, 15) is 13.6 Å². The van der Waals surface area contributed by atoms with Crippen LogP contribution in [0.2, 0.25) is 0 Å². The number of rotatable bonds is 7. The molecule has 1 atom stereocenters. The average Bonchev–Trinajstić information content (AvgIpc) is 2.97. The first-order chi connectivity index (χ1) is 13.4. The molecule has 1 heterocycles. The predicted octanol–water partition coefficient (Wildman–Crippen LogP) is 4.27. The number of carbonyl (C=O) groups is 1. The summed E-state index contributed by atoms with van der Waals surface area (Å²) in [5.74, 6) is -0.886. The minimum atomic E-state index is -0.453. The van der Waals surface area contributed by atoms with Crippen LogP contribution in [-0.4, -0.2) is 15.7 Å². The van der Waals surface area contributed by atoms with Gasteiger partial charge in [0.25, 0.3) is 0 Å². The highest BCUT2D eigenvalue weighted by Crippen LogP contribution is 2.20. The molecule has 146 valence electrons. The van der Waals surface area contributed by atoms with Crippen LogP contribution in [0.1, 0.15) is 35.0 Å². The average molecular weight is 383 g/mol. The van der Waals surface area contributed by atoms with Crippen LogP contribution in [0.15, 0.2) is 54.6 Å². The van der Waals surface area contributed by atoms with E-state index in [0.29, 0.717) is 18.5 Å². The molecule has 0 bridgehead atoms. The van der Waals surface area contributed by atoms with E-state index in [0.717, 1.165) is 17.0 Å². The number of carbonyl (C=O) groups excluding carboxylic acids is 1. The van der Waals surface area contributed by atoms with Crippen LogP contribution in [0.5, 0.6) is 0 Å². The summed E-state index contributed by atoms with van der Waals surface area (Å²) < 4.78 is 29.0. The lowest BCUT2D eigenvalue weighted by atomic mass is 9.98. The second-order valence-electron chi connectivity index (χ2n) is 6.91. The topological polar surface area (TPSA) is 46.9 Å². The Bertz CT molecular complexity index is 968. The van der Waals surface area contributed by atoms with Crippen molar-refractivity contribution < 1.29 is 13.6 Å². The van der Waals surface area contributed by atoms with Crippen molar-refractivity contribution in [3.05, 3.63) is 88.7 Å². The van der Waals surface area contributed by atoms with Crippen LogP contribution < -0.4 is 5.32 Å². The summed E-state index contributed by atoms with van der Waals surface area (Å²) in [5, 5.41) is 7.31. The van der Waals surface area contributed by atoms with Gasteiger partial charge in [0.15, 0.2) is 0 Å². The van der Waals surface area contributed by atoms with Crippen LogP contribution in [0.25, 0.3) is 0 Å². The molecule has 3 rings (SSSR count). The lowest BCUT2D eigenvalue weighted by Gasteiger charge is -2.20. The highest BCUT2D eigenvalue weighted by molar-refractivity contribution is 5.76. The Morgan fingerprint density at radius 3 is 2.43 bits per heavy atom. The third kappa shape index (κ3) is 5.25. The predicted molar refractivity (Wildman–Crippen MR) is 104 cm³/mol. The molecule has 0 fully saturated rings. The lowest BCUT2D eigenvalue weighted by Crippen LogP contribution is -2.31. The minimum absolute atomic E-state index is 0.168. The van der Waals surface area contributed by atoms with Crippen molar-refractivity contribution in [2.24, 2.45) is 0 Å². The Kier molecular flexibility index (Phi) is 6.19. The van der Waals surface area contributed by atoms with Crippen molar-refractivity contribution in [3.63, 3.8) is 0 Å². The summed E-state index contributed by atoms with van der Waals surface area (Å²) in [5.41, 5.74) is 3.27. The fourth-order valence-corrected chi connectivity index (χ4v) is 3.25. The van der Waals surface area contributed by atoms with E-state index < -0.39 is 6.04 Å². The third-order valence-electron chi connectivity index (χ3n) is 4.57. The smallest absolute Gasteiger partial charge is 0.222 e. The Balaban J connectivity index is 1.72. The minimum Gasteiger partial charge on any atom is -0.349 e. The number of nitrogens with one attached hydrogen (secondary N) is 1. The molecule has 0 aliphatic rings. The van der Waals surface area contributed by atoms with E-state index >= 15 is 0 Å². The molecular weight excluding hydrogens is 360 g/mol. The van der Waals surface area contributed by atoms with Gasteiger partial charge in [0, 0.05) is 18.7 Å². The molecule has 1 N–H and O–H groups in total. The van der Waals surface area contributed by atoms with E-state index in [4.69, 9.17) is 0 Å². The maximum absolute atomic E-state index is 13.7. The van der Waals surface area contributed by atoms with Crippen molar-refractivity contribution in [2.45, 2.75) is 39.3 Å². The summed E-state index contributed by atoms with van der Waals surface area (Å²) >= 11 is 0. The van der Waals surface area contributed by atoms with Gasteiger partial charge in [0.05, 0.1) is 11.7 Å². The molecule has 1 amide bonds. The number of hydrogen-bond acceptors (Lipinski definition) is 2. The lowest BCUT2D eigenvalue weighted by molar-refractivity contribution is -0.122. The third-order valence-corrected chi connectivity index (χ3v) is 4.57. The molecule has 1 aromatic heterocycles. The van der Waals surface area contributed by atoms with Crippen molar-refractivity contribution in [1.29, 1.82) is 0 Å². The quantitative estimate of drug-likeness (QED) is 0.662. The van der Waals surface area contributed by atoms with Gasteiger partial charge in [0.2, 0.25) is 5.91 Å². The molecule has 0 saturated carbocycles. The Morgan fingerprint density at radius 2 is 1.79 bits per heavy atom. The summed E-state index contributed by atoms with van der Waals surface area (Å²) in [6, 6.07) is 13.8. The molecule has 0 radical (unpaired) electrons. The van der Waals surface area contributed by atoms with E-state index in [1.807, 2.05) is 19.9 Å². The Morgan fingerprint density at radius 1 is 1.07 bits per heavy atom. The standard InChI is InChI=1S/C22H23F2N3O/c1-15-11-16(2)27(26-15)10-9-22(28)25-21(18-6-4-8-20(24)14-18)13-17-5-3-7-19(23)12-17/h3-8,11-12,14,21H,9-10,13H2,1-2H3,(H,25,28). The monoisotopic (exact) mass is 383 g/mol. The van der Waals surface area contributed by atoms with E-state index in [2.05, 4.69) is 10.4 Å². The fraction of sp³-hybridized carbons (Fsp3) is 0.273. The number of benzene rings is 2. The van der Waals surface area contributed by atoms with Gasteiger partial charge in [-0.05, 0) is 61.7 Å². The SMILES string of the molecule is Cc1cc(C)n(CCC(=O)NC(Cc2cccc(F)c2)c2cccc(F)c2)n1. The number of hydrogen-bond donors (Lipinski definition) is 1. The zero-order valence-corrected chi connectivity index (χ0v) is 16.0. The molecule has 4 nitrogen and oxygen atoms in total. The molecular formula is C22H23F2N3O. The number of aryl methyl sites for hydroxylation is 3. The molecule has 6 heteroatoms. The van der Waals surface area contributed by atoms with Crippen LogP contribution >= 0.6 is 0 Å². The van der Waals surface area contributed by atoms with Crippen LogP contribution in [0, 0.1) is 25.5 Å². The van der Waals surface area contributed by atoms with Crippen molar-refractivity contribution in [2.75, 3.05) is 0 Å². The maximum atomic E-state index is 13.7. The van der Waals surface area contributed by atoms with Gasteiger partial charge in [-0.2, -0.15) is 5.10 Å². The summed E-state index contributed by atoms with van der Waals surface area (Å²) in [4.78, 5) is 12.5. The highest BCUT2D eigenvalue weighted by atomic mass is 19.1. The molecule has 0 saturated heterocycles. The summed E-state index contributed by atoms with van der Waals surface area (Å²) in [6.07, 6.45) is 0.615. The van der Waals surface area contributed by atoms with Gasteiger partial charge in [-0.25, -0.2) is 8.78 Å². The van der Waals surface area contributed by atoms with Crippen molar-refractivity contribution >= 4 is 5.91 Å². The number of aromatic nitrogens is 2. The summed E-state index contributed by atoms with van der Waals surface area (Å²) in [7, 11) is 0. The molecule has 28 heavy (non-hydrogen) atoms. The highest BCUT2D eigenvalue weighted by Gasteiger charge is 2.17. The van der Waals surface area contributed by atoms with E-state index in [1.165, 1.54) is 24.3 Å². The largest absolute Gasteiger partial charge is 0.349 e. The number of halogens is 2. The van der Waals surface area contributed by atoms with Gasteiger partial charge in [-0.3, -0.25) is 9.48 Å². The first-order valence-electron chi connectivity index (χ1n) is 9.21. The fourth-order valence-electron chi connectivity index (χ4n) is 3.25. The van der Waals surface area contributed by atoms with Gasteiger partial charge < -0.3 is 5.32 Å². The van der Waals surface area contributed by atoms with Crippen molar-refractivity contribution in [3.8, 4) is 0 Å². The number of nitrogens with zero attached hydrogens (tertiary/aromatic N) is 2. The normalized spacial score (nSPS) is 12.0. The van der Waals surface area contributed by atoms with Gasteiger partial charge in [-0.15, -0.1) is 0 Å². The van der Waals surface area contributed by atoms with Crippen LogP contribution in [0.4, 0.5) is 8.78 Å². The number of amides is 1. The van der Waals surface area contributed by atoms with Gasteiger partial charge in [-0.1, -0.05) is 24.3 Å². The second kappa shape index (κ2) is 8.78. The van der Waals surface area contributed by atoms with Gasteiger partial charge in [0.1, 0.15) is 11.6 Å². The first kappa shape index (κ1) is 19.7. The molecule has 1 unspecified atom stereocenters. The van der Waals surface area contributed by atoms with Gasteiger partial charge >= 0.3 is 0 Å². The Hall–Kier alpha value is -3.02. The second-order valence-corrected chi connectivity index (χ2v) is 6.91. The Labute approximate surface area is 163 Å². The molecule has 0 spiro atoms.